The minimum atomic E-state index is -0.700. The molecule has 1 heterocycles. The SMILES string of the molecule is Cc1cc(Oc2ncc(N)cc2C(N)=O)ccc1F. The van der Waals surface area contributed by atoms with E-state index in [0.29, 0.717) is 17.0 Å². The molecule has 2 rings (SSSR count). The number of hydrogen-bond acceptors (Lipinski definition) is 4. The number of carbonyl (C=O) groups excluding carboxylic acids is 1. The molecule has 1 aromatic carbocycles. The minimum absolute atomic E-state index is 0.0349. The summed E-state index contributed by atoms with van der Waals surface area (Å²) in [5, 5.41) is 0. The van der Waals surface area contributed by atoms with Crippen molar-refractivity contribution in [2.24, 2.45) is 5.73 Å². The van der Waals surface area contributed by atoms with Crippen LogP contribution < -0.4 is 16.2 Å². The highest BCUT2D eigenvalue weighted by molar-refractivity contribution is 5.95. The van der Waals surface area contributed by atoms with Crippen LogP contribution in [0.3, 0.4) is 0 Å². The zero-order valence-corrected chi connectivity index (χ0v) is 10.2. The molecule has 0 saturated heterocycles. The van der Waals surface area contributed by atoms with Gasteiger partial charge in [-0.05, 0) is 36.8 Å². The van der Waals surface area contributed by atoms with Crippen LogP contribution in [0.4, 0.5) is 10.1 Å². The summed E-state index contributed by atoms with van der Waals surface area (Å²) in [6.45, 7) is 1.60. The fourth-order valence-electron chi connectivity index (χ4n) is 1.52. The van der Waals surface area contributed by atoms with Crippen LogP contribution in [0, 0.1) is 12.7 Å². The molecule has 6 heteroatoms. The Bertz CT molecular complexity index is 644. The minimum Gasteiger partial charge on any atom is -0.438 e. The maximum atomic E-state index is 13.1. The molecule has 1 amide bonds. The number of aromatic nitrogens is 1. The van der Waals surface area contributed by atoms with Gasteiger partial charge in [0.05, 0.1) is 11.9 Å². The van der Waals surface area contributed by atoms with Gasteiger partial charge < -0.3 is 16.2 Å². The number of ether oxygens (including phenoxy) is 1. The average molecular weight is 261 g/mol. The first kappa shape index (κ1) is 12.8. The van der Waals surface area contributed by atoms with Crippen molar-refractivity contribution in [1.29, 1.82) is 0 Å². The molecule has 0 saturated carbocycles. The molecular formula is C13H12FN3O2. The first-order valence-electron chi connectivity index (χ1n) is 5.46. The lowest BCUT2D eigenvalue weighted by Gasteiger charge is -2.09. The highest BCUT2D eigenvalue weighted by atomic mass is 19.1. The molecule has 0 aliphatic rings. The maximum Gasteiger partial charge on any atom is 0.254 e. The maximum absolute atomic E-state index is 13.1. The molecule has 0 unspecified atom stereocenters. The van der Waals surface area contributed by atoms with Gasteiger partial charge in [0.15, 0.2) is 0 Å². The van der Waals surface area contributed by atoms with Gasteiger partial charge in [-0.15, -0.1) is 0 Å². The Hall–Kier alpha value is -2.63. The summed E-state index contributed by atoms with van der Waals surface area (Å²) in [6.07, 6.45) is 1.35. The predicted octanol–water partition coefficient (Wildman–Crippen LogP) is 2.00. The number of amides is 1. The zero-order chi connectivity index (χ0) is 14.0. The predicted molar refractivity (Wildman–Crippen MR) is 68.4 cm³/mol. The molecule has 1 aromatic heterocycles. The van der Waals surface area contributed by atoms with Gasteiger partial charge in [-0.1, -0.05) is 0 Å². The zero-order valence-electron chi connectivity index (χ0n) is 10.2. The van der Waals surface area contributed by atoms with E-state index >= 15 is 0 Å². The summed E-state index contributed by atoms with van der Waals surface area (Å²) in [4.78, 5) is 15.2. The van der Waals surface area contributed by atoms with Crippen molar-refractivity contribution in [1.82, 2.24) is 4.98 Å². The molecule has 0 spiro atoms. The third-order valence-corrected chi connectivity index (χ3v) is 2.48. The summed E-state index contributed by atoms with van der Waals surface area (Å²) < 4.78 is 18.6. The van der Waals surface area contributed by atoms with E-state index in [0.717, 1.165) is 0 Å². The first-order chi connectivity index (χ1) is 8.97. The van der Waals surface area contributed by atoms with Gasteiger partial charge in [0.1, 0.15) is 17.1 Å². The fraction of sp³-hybridized carbons (Fsp3) is 0.0769. The molecule has 2 aromatic rings. The number of hydrogen-bond donors (Lipinski definition) is 2. The monoisotopic (exact) mass is 261 g/mol. The third kappa shape index (κ3) is 2.79. The summed E-state index contributed by atoms with van der Waals surface area (Å²) in [7, 11) is 0. The second kappa shape index (κ2) is 4.93. The van der Waals surface area contributed by atoms with E-state index in [-0.39, 0.29) is 17.3 Å². The highest BCUT2D eigenvalue weighted by Gasteiger charge is 2.13. The number of nitrogens with zero attached hydrogens (tertiary/aromatic N) is 1. The molecular weight excluding hydrogens is 249 g/mol. The summed E-state index contributed by atoms with van der Waals surface area (Å²) in [5.41, 5.74) is 11.5. The van der Waals surface area contributed by atoms with Crippen LogP contribution in [0.25, 0.3) is 0 Å². The molecule has 19 heavy (non-hydrogen) atoms. The molecule has 0 radical (unpaired) electrons. The molecule has 5 nitrogen and oxygen atoms in total. The number of nitrogen functional groups attached to an aromatic ring is 1. The molecule has 0 atom stereocenters. The fourth-order valence-corrected chi connectivity index (χ4v) is 1.52. The van der Waals surface area contributed by atoms with Crippen LogP contribution >= 0.6 is 0 Å². The van der Waals surface area contributed by atoms with Crippen molar-refractivity contribution >= 4 is 11.6 Å². The number of aryl methyl sites for hydroxylation is 1. The number of pyridine rings is 1. The Morgan fingerprint density at radius 3 is 2.74 bits per heavy atom. The smallest absolute Gasteiger partial charge is 0.254 e. The van der Waals surface area contributed by atoms with Crippen molar-refractivity contribution in [3.63, 3.8) is 0 Å². The Labute approximate surface area is 109 Å². The van der Waals surface area contributed by atoms with E-state index in [1.54, 1.807) is 6.92 Å². The molecule has 4 N–H and O–H groups in total. The van der Waals surface area contributed by atoms with Gasteiger partial charge in [-0.25, -0.2) is 9.37 Å². The number of nitrogens with two attached hydrogens (primary N) is 2. The Morgan fingerprint density at radius 1 is 1.37 bits per heavy atom. The van der Waals surface area contributed by atoms with Crippen molar-refractivity contribution in [2.45, 2.75) is 6.92 Å². The van der Waals surface area contributed by atoms with Gasteiger partial charge >= 0.3 is 0 Å². The lowest BCUT2D eigenvalue weighted by atomic mass is 10.2. The molecule has 98 valence electrons. The van der Waals surface area contributed by atoms with Gasteiger partial charge in [-0.2, -0.15) is 0 Å². The summed E-state index contributed by atoms with van der Waals surface area (Å²) >= 11 is 0. The second-order valence-electron chi connectivity index (χ2n) is 4.00. The van der Waals surface area contributed by atoms with Crippen molar-refractivity contribution in [3.05, 3.63) is 47.4 Å². The van der Waals surface area contributed by atoms with Crippen LogP contribution in [-0.2, 0) is 0 Å². The van der Waals surface area contributed by atoms with Crippen LogP contribution in [0.15, 0.2) is 30.5 Å². The number of anilines is 1. The quantitative estimate of drug-likeness (QED) is 0.884. The molecule has 0 aliphatic heterocycles. The van der Waals surface area contributed by atoms with Crippen LogP contribution in [0.5, 0.6) is 11.6 Å². The van der Waals surface area contributed by atoms with Crippen molar-refractivity contribution in [2.75, 3.05) is 5.73 Å². The number of carbonyl (C=O) groups is 1. The van der Waals surface area contributed by atoms with Gasteiger partial charge in [0.25, 0.3) is 5.91 Å². The molecule has 0 bridgehead atoms. The van der Waals surface area contributed by atoms with Crippen LogP contribution in [0.1, 0.15) is 15.9 Å². The van der Waals surface area contributed by atoms with Crippen LogP contribution in [0.2, 0.25) is 0 Å². The van der Waals surface area contributed by atoms with E-state index < -0.39 is 5.91 Å². The Balaban J connectivity index is 2.37. The molecule has 0 aliphatic carbocycles. The first-order valence-corrected chi connectivity index (χ1v) is 5.46. The second-order valence-corrected chi connectivity index (χ2v) is 4.00. The number of primary amides is 1. The normalized spacial score (nSPS) is 10.2. The third-order valence-electron chi connectivity index (χ3n) is 2.48. The summed E-state index contributed by atoms with van der Waals surface area (Å²) in [6, 6.07) is 5.58. The highest BCUT2D eigenvalue weighted by Crippen LogP contribution is 2.25. The lowest BCUT2D eigenvalue weighted by Crippen LogP contribution is -2.13. The molecule has 0 fully saturated rings. The van der Waals surface area contributed by atoms with E-state index in [2.05, 4.69) is 4.98 Å². The number of rotatable bonds is 3. The van der Waals surface area contributed by atoms with Crippen LogP contribution in [-0.4, -0.2) is 10.9 Å². The van der Waals surface area contributed by atoms with Gasteiger partial charge in [0, 0.05) is 0 Å². The van der Waals surface area contributed by atoms with E-state index in [4.69, 9.17) is 16.2 Å². The van der Waals surface area contributed by atoms with E-state index in [9.17, 15) is 9.18 Å². The van der Waals surface area contributed by atoms with Gasteiger partial charge in [0.2, 0.25) is 5.88 Å². The number of benzene rings is 1. The van der Waals surface area contributed by atoms with Gasteiger partial charge in [-0.3, -0.25) is 4.79 Å². The van der Waals surface area contributed by atoms with E-state index in [1.807, 2.05) is 0 Å². The summed E-state index contributed by atoms with van der Waals surface area (Å²) in [5.74, 6) is -0.646. The number of halogens is 1. The average Bonchev–Trinajstić information content (AvgIpc) is 2.36. The van der Waals surface area contributed by atoms with E-state index in [1.165, 1.54) is 30.5 Å². The topological polar surface area (TPSA) is 91.2 Å². The Morgan fingerprint density at radius 2 is 2.11 bits per heavy atom. The van der Waals surface area contributed by atoms with Crippen molar-refractivity contribution < 1.29 is 13.9 Å². The lowest BCUT2D eigenvalue weighted by molar-refractivity contribution is 0.0997. The standard InChI is InChI=1S/C13H12FN3O2/c1-7-4-9(2-3-11(7)14)19-13-10(12(16)18)5-8(15)6-17-13/h2-6H,15H2,1H3,(H2,16,18). The largest absolute Gasteiger partial charge is 0.438 e. The van der Waals surface area contributed by atoms with Crippen molar-refractivity contribution in [3.8, 4) is 11.6 Å². The Kier molecular flexibility index (Phi) is 3.33.